The first-order chi connectivity index (χ1) is 10.1. The minimum absolute atomic E-state index is 0.104. The topological polar surface area (TPSA) is 91.8 Å². The van der Waals surface area contributed by atoms with Crippen LogP contribution in [-0.2, 0) is 19.9 Å². The lowest BCUT2D eigenvalue weighted by atomic mass is 10.2. The van der Waals surface area contributed by atoms with Gasteiger partial charge in [0.2, 0.25) is 10.0 Å². The smallest absolute Gasteiger partial charge is 0.243 e. The Morgan fingerprint density at radius 2 is 1.91 bits per heavy atom. The van der Waals surface area contributed by atoms with Crippen LogP contribution in [-0.4, -0.2) is 56.4 Å². The predicted molar refractivity (Wildman–Crippen MR) is 83.9 cm³/mol. The summed E-state index contributed by atoms with van der Waals surface area (Å²) >= 11 is 0. The van der Waals surface area contributed by atoms with Crippen molar-refractivity contribution in [1.29, 1.82) is 0 Å². The maximum atomic E-state index is 12.9. The Morgan fingerprint density at radius 3 is 2.36 bits per heavy atom. The zero-order chi connectivity index (χ0) is 16.7. The molecule has 124 valence electrons. The Labute approximate surface area is 131 Å². The molecular weight excluding hydrogens is 326 g/mol. The molecule has 0 saturated carbocycles. The Balaban J connectivity index is 2.46. The van der Waals surface area contributed by atoms with E-state index in [0.717, 1.165) is 9.87 Å². The molecule has 6 nitrogen and oxygen atoms in total. The molecule has 1 saturated heterocycles. The lowest BCUT2D eigenvalue weighted by Crippen LogP contribution is -2.46. The van der Waals surface area contributed by atoms with E-state index in [1.54, 1.807) is 26.0 Å². The van der Waals surface area contributed by atoms with E-state index in [-0.39, 0.29) is 17.2 Å². The summed E-state index contributed by atoms with van der Waals surface area (Å²) in [6.07, 6.45) is -1.19. The van der Waals surface area contributed by atoms with Crippen molar-refractivity contribution in [3.8, 4) is 0 Å². The highest BCUT2D eigenvalue weighted by Gasteiger charge is 2.44. The monoisotopic (exact) mass is 347 g/mol. The molecule has 0 bridgehead atoms. The SMILES string of the molecule is CCN([C@H]1CS(=O)(=O)C[C@H]1O)S(=O)(=O)c1ccc(C)cc1C. The number of aliphatic hydroxyl groups excluding tert-OH is 1. The van der Waals surface area contributed by atoms with Gasteiger partial charge in [0, 0.05) is 6.54 Å². The second-order valence-corrected chi connectivity index (χ2v) is 9.70. The van der Waals surface area contributed by atoms with Crippen molar-refractivity contribution >= 4 is 19.9 Å². The molecule has 2 atom stereocenters. The fourth-order valence-corrected chi connectivity index (χ4v) is 6.65. The van der Waals surface area contributed by atoms with Gasteiger partial charge in [-0.2, -0.15) is 4.31 Å². The minimum Gasteiger partial charge on any atom is -0.390 e. The molecule has 8 heteroatoms. The Bertz CT molecular complexity index is 770. The van der Waals surface area contributed by atoms with Crippen molar-refractivity contribution in [2.45, 2.75) is 37.8 Å². The summed E-state index contributed by atoms with van der Waals surface area (Å²) in [5.41, 5.74) is 1.55. The van der Waals surface area contributed by atoms with Crippen molar-refractivity contribution in [3.63, 3.8) is 0 Å². The van der Waals surface area contributed by atoms with Crippen LogP contribution in [0.4, 0.5) is 0 Å². The molecule has 1 N–H and O–H groups in total. The fourth-order valence-electron chi connectivity index (χ4n) is 2.88. The Morgan fingerprint density at radius 1 is 1.27 bits per heavy atom. The van der Waals surface area contributed by atoms with E-state index in [4.69, 9.17) is 0 Å². The van der Waals surface area contributed by atoms with Gasteiger partial charge in [-0.1, -0.05) is 24.6 Å². The summed E-state index contributed by atoms with van der Waals surface area (Å²) in [6.45, 7) is 5.31. The first-order valence-electron chi connectivity index (χ1n) is 7.06. The molecule has 1 aromatic carbocycles. The van der Waals surface area contributed by atoms with Crippen molar-refractivity contribution < 1.29 is 21.9 Å². The van der Waals surface area contributed by atoms with E-state index in [0.29, 0.717) is 5.56 Å². The lowest BCUT2D eigenvalue weighted by Gasteiger charge is -2.28. The summed E-state index contributed by atoms with van der Waals surface area (Å²) in [5.74, 6) is -0.733. The standard InChI is InChI=1S/C14H21NO5S2/c1-4-15(12-8-21(17,18)9-13(12)16)22(19,20)14-6-5-10(2)7-11(14)3/h5-7,12-13,16H,4,8-9H2,1-3H3/t12-,13+/m0/s1. The van der Waals surface area contributed by atoms with Gasteiger partial charge in [0.1, 0.15) is 0 Å². The van der Waals surface area contributed by atoms with Crippen molar-refractivity contribution in [1.82, 2.24) is 4.31 Å². The third kappa shape index (κ3) is 3.19. The molecule has 1 fully saturated rings. The number of hydrogen-bond donors (Lipinski definition) is 1. The van der Waals surface area contributed by atoms with E-state index in [9.17, 15) is 21.9 Å². The molecule has 1 aromatic rings. The van der Waals surface area contributed by atoms with Gasteiger partial charge < -0.3 is 5.11 Å². The van der Waals surface area contributed by atoms with Crippen LogP contribution < -0.4 is 0 Å². The van der Waals surface area contributed by atoms with Crippen molar-refractivity contribution in [3.05, 3.63) is 29.3 Å². The maximum Gasteiger partial charge on any atom is 0.243 e. The van der Waals surface area contributed by atoms with Crippen LogP contribution in [0, 0.1) is 13.8 Å². The minimum atomic E-state index is -3.86. The molecule has 0 amide bonds. The molecular formula is C14H21NO5S2. The van der Waals surface area contributed by atoms with Crippen LogP contribution in [0.2, 0.25) is 0 Å². The normalized spacial score (nSPS) is 24.8. The molecule has 0 radical (unpaired) electrons. The molecule has 0 aromatic heterocycles. The van der Waals surface area contributed by atoms with Crippen LogP contribution >= 0.6 is 0 Å². The Hall–Kier alpha value is -0.960. The van der Waals surface area contributed by atoms with Crippen LogP contribution in [0.3, 0.4) is 0 Å². The molecule has 0 unspecified atom stereocenters. The van der Waals surface area contributed by atoms with Crippen molar-refractivity contribution in [2.24, 2.45) is 0 Å². The van der Waals surface area contributed by atoms with E-state index in [1.807, 2.05) is 6.92 Å². The summed E-state index contributed by atoms with van der Waals surface area (Å²) < 4.78 is 50.1. The van der Waals surface area contributed by atoms with Crippen LogP contribution in [0.15, 0.2) is 23.1 Å². The zero-order valence-electron chi connectivity index (χ0n) is 12.9. The van der Waals surface area contributed by atoms with E-state index >= 15 is 0 Å². The van der Waals surface area contributed by atoms with Gasteiger partial charge >= 0.3 is 0 Å². The lowest BCUT2D eigenvalue weighted by molar-refractivity contribution is 0.130. The second kappa shape index (κ2) is 5.92. The molecule has 1 heterocycles. The number of aliphatic hydroxyl groups is 1. The highest BCUT2D eigenvalue weighted by atomic mass is 32.2. The largest absolute Gasteiger partial charge is 0.390 e. The number of nitrogens with zero attached hydrogens (tertiary/aromatic N) is 1. The molecule has 22 heavy (non-hydrogen) atoms. The van der Waals surface area contributed by atoms with Gasteiger partial charge in [-0.3, -0.25) is 0 Å². The van der Waals surface area contributed by atoms with Gasteiger partial charge in [0.05, 0.1) is 28.5 Å². The molecule has 1 aliphatic rings. The van der Waals surface area contributed by atoms with Gasteiger partial charge in [0.25, 0.3) is 0 Å². The maximum absolute atomic E-state index is 12.9. The number of hydrogen-bond acceptors (Lipinski definition) is 5. The summed E-state index contributed by atoms with van der Waals surface area (Å²) in [7, 11) is -7.27. The summed E-state index contributed by atoms with van der Waals surface area (Å²) in [6, 6.07) is 4.07. The van der Waals surface area contributed by atoms with Crippen LogP contribution in [0.1, 0.15) is 18.1 Å². The molecule has 0 spiro atoms. The molecule has 2 rings (SSSR count). The van der Waals surface area contributed by atoms with Gasteiger partial charge in [-0.15, -0.1) is 0 Å². The molecule has 1 aliphatic heterocycles. The summed E-state index contributed by atoms with van der Waals surface area (Å²) in [5, 5.41) is 9.96. The first-order valence-corrected chi connectivity index (χ1v) is 10.3. The first kappa shape index (κ1) is 17.4. The average molecular weight is 347 g/mol. The molecule has 0 aliphatic carbocycles. The van der Waals surface area contributed by atoms with E-state index in [2.05, 4.69) is 0 Å². The Kier molecular flexibility index (Phi) is 4.68. The van der Waals surface area contributed by atoms with Gasteiger partial charge in [-0.05, 0) is 25.5 Å². The van der Waals surface area contributed by atoms with E-state index < -0.39 is 37.8 Å². The van der Waals surface area contributed by atoms with Crippen LogP contribution in [0.5, 0.6) is 0 Å². The quantitative estimate of drug-likeness (QED) is 0.855. The third-order valence-corrected chi connectivity index (χ3v) is 7.75. The third-order valence-electron chi connectivity index (χ3n) is 3.89. The van der Waals surface area contributed by atoms with Crippen LogP contribution in [0.25, 0.3) is 0 Å². The average Bonchev–Trinajstić information content (AvgIpc) is 2.62. The van der Waals surface area contributed by atoms with Gasteiger partial charge in [-0.25, -0.2) is 16.8 Å². The fraction of sp³-hybridized carbons (Fsp3) is 0.571. The number of rotatable bonds is 4. The predicted octanol–water partition coefficient (Wildman–Crippen LogP) is 0.472. The summed E-state index contributed by atoms with van der Waals surface area (Å²) in [4.78, 5) is 0.149. The van der Waals surface area contributed by atoms with E-state index in [1.165, 1.54) is 6.07 Å². The number of sulfonamides is 1. The number of sulfone groups is 1. The zero-order valence-corrected chi connectivity index (χ0v) is 14.5. The van der Waals surface area contributed by atoms with Crippen molar-refractivity contribution in [2.75, 3.05) is 18.1 Å². The highest BCUT2D eigenvalue weighted by molar-refractivity contribution is 7.92. The number of benzene rings is 1. The number of likely N-dealkylation sites (N-methyl/N-ethyl adjacent to an activating group) is 1. The van der Waals surface area contributed by atoms with Gasteiger partial charge in [0.15, 0.2) is 9.84 Å². The number of aryl methyl sites for hydroxylation is 2. The highest BCUT2D eigenvalue weighted by Crippen LogP contribution is 2.27. The second-order valence-electron chi connectivity index (χ2n) is 5.69.